The highest BCUT2D eigenvalue weighted by molar-refractivity contribution is 7.17. The Kier molecular flexibility index (Phi) is 6.12. The summed E-state index contributed by atoms with van der Waals surface area (Å²) in [5, 5.41) is 3.70. The van der Waals surface area contributed by atoms with E-state index >= 15 is 0 Å². The van der Waals surface area contributed by atoms with Crippen LogP contribution in [0.5, 0.6) is 0 Å². The fraction of sp³-hybridized carbons (Fsp3) is 0.278. The Morgan fingerprint density at radius 1 is 1.25 bits per heavy atom. The Balaban J connectivity index is 1.89. The maximum absolute atomic E-state index is 12.6. The minimum absolute atomic E-state index is 0.257. The molecule has 0 bridgehead atoms. The minimum Gasteiger partial charge on any atom is -0.450 e. The molecule has 3 N–H and O–H groups in total. The zero-order valence-electron chi connectivity index (χ0n) is 14.9. The third-order valence-corrected chi connectivity index (χ3v) is 5.75. The number of nitrogens with zero attached hydrogens (tertiary/aromatic N) is 1. The lowest BCUT2D eigenvalue weighted by atomic mass is 10.0. The van der Waals surface area contributed by atoms with E-state index in [0.29, 0.717) is 28.0 Å². The summed E-state index contributed by atoms with van der Waals surface area (Å²) in [4.78, 5) is 39.0. The highest BCUT2D eigenvalue weighted by Crippen LogP contribution is 2.37. The zero-order valence-corrected chi connectivity index (χ0v) is 17.2. The number of thiophene rings is 1. The van der Waals surface area contributed by atoms with Gasteiger partial charge in [-0.05, 0) is 37.1 Å². The number of nitrogens with one attached hydrogen (secondary N) is 1. The molecule has 0 fully saturated rings. The molecule has 0 unspecified atom stereocenters. The van der Waals surface area contributed by atoms with Crippen molar-refractivity contribution < 1.29 is 19.1 Å². The number of benzene rings is 1. The molecule has 0 saturated heterocycles. The van der Waals surface area contributed by atoms with Gasteiger partial charge in [-0.3, -0.25) is 9.59 Å². The lowest BCUT2D eigenvalue weighted by Crippen LogP contribution is -2.36. The van der Waals surface area contributed by atoms with Crippen LogP contribution in [0, 0.1) is 0 Å². The second-order valence-electron chi connectivity index (χ2n) is 6.05. The molecule has 7 nitrogen and oxygen atoms in total. The number of fused-ring (bicyclic) bond motifs is 1. The van der Waals surface area contributed by atoms with Crippen molar-refractivity contribution in [3.8, 4) is 0 Å². The maximum atomic E-state index is 12.6. The average Bonchev–Trinajstić information content (AvgIpc) is 2.98. The van der Waals surface area contributed by atoms with E-state index < -0.39 is 17.9 Å². The van der Waals surface area contributed by atoms with Gasteiger partial charge in [0.25, 0.3) is 11.8 Å². The number of nitrogens with two attached hydrogens (primary N) is 1. The van der Waals surface area contributed by atoms with E-state index in [0.717, 1.165) is 10.4 Å². The van der Waals surface area contributed by atoms with Crippen LogP contribution < -0.4 is 11.1 Å². The molecule has 0 atom stereocenters. The van der Waals surface area contributed by atoms with E-state index in [2.05, 4.69) is 5.32 Å². The van der Waals surface area contributed by atoms with Gasteiger partial charge in [0.05, 0.1) is 18.7 Å². The first-order valence-electron chi connectivity index (χ1n) is 8.43. The van der Waals surface area contributed by atoms with Crippen LogP contribution in [-0.2, 0) is 17.7 Å². The van der Waals surface area contributed by atoms with Crippen LogP contribution in [0.4, 0.5) is 9.80 Å². The van der Waals surface area contributed by atoms with Crippen molar-refractivity contribution >= 4 is 57.4 Å². The second-order valence-corrected chi connectivity index (χ2v) is 8.03. The highest BCUT2D eigenvalue weighted by atomic mass is 35.5. The molecule has 0 aliphatic carbocycles. The van der Waals surface area contributed by atoms with Crippen LogP contribution >= 0.6 is 34.5 Å². The monoisotopic (exact) mass is 441 g/mol. The van der Waals surface area contributed by atoms with Crippen LogP contribution in [0.2, 0.25) is 10.0 Å². The van der Waals surface area contributed by atoms with Gasteiger partial charge in [-0.15, -0.1) is 11.3 Å². The largest absolute Gasteiger partial charge is 0.450 e. The van der Waals surface area contributed by atoms with E-state index in [-0.39, 0.29) is 24.3 Å². The molecule has 2 heterocycles. The van der Waals surface area contributed by atoms with Gasteiger partial charge in [0, 0.05) is 27.0 Å². The van der Waals surface area contributed by atoms with Crippen molar-refractivity contribution in [3.63, 3.8) is 0 Å². The average molecular weight is 442 g/mol. The van der Waals surface area contributed by atoms with Crippen LogP contribution in [0.1, 0.15) is 38.1 Å². The summed E-state index contributed by atoms with van der Waals surface area (Å²) >= 11 is 13.1. The lowest BCUT2D eigenvalue weighted by Gasteiger charge is -2.26. The molecule has 10 heteroatoms. The maximum Gasteiger partial charge on any atom is 0.410 e. The molecule has 28 heavy (non-hydrogen) atoms. The van der Waals surface area contributed by atoms with Crippen molar-refractivity contribution in [2.24, 2.45) is 5.73 Å². The summed E-state index contributed by atoms with van der Waals surface area (Å²) in [6, 6.07) is 4.47. The van der Waals surface area contributed by atoms with Gasteiger partial charge in [-0.25, -0.2) is 4.79 Å². The fourth-order valence-electron chi connectivity index (χ4n) is 2.98. The van der Waals surface area contributed by atoms with Crippen LogP contribution in [-0.4, -0.2) is 36.0 Å². The summed E-state index contributed by atoms with van der Waals surface area (Å²) in [5.41, 5.74) is 6.83. The molecule has 1 aliphatic heterocycles. The minimum atomic E-state index is -0.637. The first-order valence-corrected chi connectivity index (χ1v) is 10.0. The third kappa shape index (κ3) is 4.24. The summed E-state index contributed by atoms with van der Waals surface area (Å²) in [7, 11) is 0. The Morgan fingerprint density at radius 2 is 1.93 bits per heavy atom. The predicted octanol–water partition coefficient (Wildman–Crippen LogP) is 3.92. The fourth-order valence-corrected chi connectivity index (χ4v) is 4.77. The number of ether oxygens (including phenoxy) is 1. The van der Waals surface area contributed by atoms with Crippen molar-refractivity contribution in [1.29, 1.82) is 0 Å². The molecule has 0 saturated carbocycles. The van der Waals surface area contributed by atoms with Crippen LogP contribution in [0.25, 0.3) is 0 Å². The van der Waals surface area contributed by atoms with Crippen LogP contribution in [0.15, 0.2) is 18.2 Å². The highest BCUT2D eigenvalue weighted by Gasteiger charge is 2.30. The van der Waals surface area contributed by atoms with Gasteiger partial charge in [-0.1, -0.05) is 23.2 Å². The summed E-state index contributed by atoms with van der Waals surface area (Å²) < 4.78 is 5.03. The van der Waals surface area contributed by atoms with Crippen molar-refractivity contribution in [2.45, 2.75) is 19.9 Å². The van der Waals surface area contributed by atoms with Gasteiger partial charge in [0.15, 0.2) is 0 Å². The molecule has 3 amide bonds. The Morgan fingerprint density at radius 3 is 2.54 bits per heavy atom. The van der Waals surface area contributed by atoms with Gasteiger partial charge in [0.1, 0.15) is 5.00 Å². The number of primary amides is 1. The molecule has 1 aliphatic rings. The number of halogens is 2. The SMILES string of the molecule is CCOC(=O)N1CCc2c(sc(NC(=O)c3cc(Cl)cc(Cl)c3)c2C(N)=O)C1. The van der Waals surface area contributed by atoms with Gasteiger partial charge >= 0.3 is 6.09 Å². The number of carbonyl (C=O) groups is 3. The number of amides is 3. The number of hydrogen-bond donors (Lipinski definition) is 2. The molecule has 1 aromatic heterocycles. The quantitative estimate of drug-likeness (QED) is 0.749. The smallest absolute Gasteiger partial charge is 0.410 e. The summed E-state index contributed by atoms with van der Waals surface area (Å²) in [6.07, 6.45) is 0.0308. The number of hydrogen-bond acceptors (Lipinski definition) is 5. The predicted molar refractivity (Wildman–Crippen MR) is 108 cm³/mol. The topological polar surface area (TPSA) is 102 Å². The second kappa shape index (κ2) is 8.38. The summed E-state index contributed by atoms with van der Waals surface area (Å²) in [5.74, 6) is -1.10. The molecule has 2 aromatic rings. The van der Waals surface area contributed by atoms with Crippen molar-refractivity contribution in [2.75, 3.05) is 18.5 Å². The number of carbonyl (C=O) groups excluding carboxylic acids is 3. The zero-order chi connectivity index (χ0) is 20.4. The van der Waals surface area contributed by atoms with Gasteiger partial charge in [-0.2, -0.15) is 0 Å². The molecule has 148 valence electrons. The van der Waals surface area contributed by atoms with Gasteiger partial charge in [0.2, 0.25) is 0 Å². The molecule has 0 spiro atoms. The molecular weight excluding hydrogens is 425 g/mol. The Hall–Kier alpha value is -2.29. The van der Waals surface area contributed by atoms with E-state index in [1.165, 1.54) is 29.5 Å². The molecule has 3 rings (SSSR count). The standard InChI is InChI=1S/C18H17Cl2N3O4S/c1-2-27-18(26)23-4-3-12-13(8-23)28-17(14(12)15(21)24)22-16(25)9-5-10(19)7-11(20)6-9/h5-7H,2-4,8H2,1H3,(H2,21,24)(H,22,25). The molecule has 0 radical (unpaired) electrons. The lowest BCUT2D eigenvalue weighted by molar-refractivity contribution is 0.0997. The Bertz CT molecular complexity index is 940. The first kappa shape index (κ1) is 20.4. The van der Waals surface area contributed by atoms with Gasteiger partial charge < -0.3 is 20.7 Å². The molecular formula is C18H17Cl2N3O4S. The van der Waals surface area contributed by atoms with E-state index in [1.54, 1.807) is 11.8 Å². The number of rotatable bonds is 4. The normalized spacial score (nSPS) is 13.0. The van der Waals surface area contributed by atoms with E-state index in [1.807, 2.05) is 0 Å². The molecule has 1 aromatic carbocycles. The van der Waals surface area contributed by atoms with E-state index in [9.17, 15) is 14.4 Å². The van der Waals surface area contributed by atoms with Crippen LogP contribution in [0.3, 0.4) is 0 Å². The summed E-state index contributed by atoms with van der Waals surface area (Å²) in [6.45, 7) is 2.71. The first-order chi connectivity index (χ1) is 13.3. The third-order valence-electron chi connectivity index (χ3n) is 4.18. The number of anilines is 1. The van der Waals surface area contributed by atoms with E-state index in [4.69, 9.17) is 33.7 Å². The van der Waals surface area contributed by atoms with Crippen molar-refractivity contribution in [3.05, 3.63) is 49.8 Å². The Labute approximate surface area is 175 Å². The van der Waals surface area contributed by atoms with Crippen molar-refractivity contribution in [1.82, 2.24) is 4.90 Å².